The molecule has 0 spiro atoms. The van der Waals surface area contributed by atoms with Crippen molar-refractivity contribution < 1.29 is 19.1 Å². The smallest absolute Gasteiger partial charge is 0.345 e. The fraction of sp³-hybridized carbons (Fsp3) is 0.100. The van der Waals surface area contributed by atoms with Gasteiger partial charge < -0.3 is 9.47 Å². The van der Waals surface area contributed by atoms with Crippen LogP contribution in [0.3, 0.4) is 0 Å². The molecule has 0 radical (unpaired) electrons. The molecule has 0 fully saturated rings. The van der Waals surface area contributed by atoms with E-state index in [9.17, 15) is 9.59 Å². The molecular formula is C20H17ClN4O4. The number of ether oxygens (including phenoxy) is 2. The highest BCUT2D eigenvalue weighted by atomic mass is 35.5. The summed E-state index contributed by atoms with van der Waals surface area (Å²) in [6.45, 7) is 1.79. The maximum atomic E-state index is 12.3. The zero-order valence-corrected chi connectivity index (χ0v) is 16.4. The molecule has 1 heterocycles. The van der Waals surface area contributed by atoms with Crippen LogP contribution < -0.4 is 14.9 Å². The first-order chi connectivity index (χ1) is 14.0. The lowest BCUT2D eigenvalue weighted by molar-refractivity contribution is 0.0729. The molecule has 0 aliphatic heterocycles. The topological polar surface area (TPSA) is 106 Å². The number of hydrogen-bond donors (Lipinski definition) is 2. The SMILES string of the molecule is COc1cc(/C=N/NC(=O)c2cc(C)[nH]n2)ccc1OC(=O)c1ccccc1Cl. The second-order valence-electron chi connectivity index (χ2n) is 5.91. The molecule has 0 bridgehead atoms. The molecule has 148 valence electrons. The Morgan fingerprint density at radius 1 is 1.17 bits per heavy atom. The molecule has 0 saturated carbocycles. The van der Waals surface area contributed by atoms with Gasteiger partial charge in [0.2, 0.25) is 0 Å². The number of hydrogen-bond acceptors (Lipinski definition) is 6. The van der Waals surface area contributed by atoms with E-state index in [1.54, 1.807) is 55.5 Å². The normalized spacial score (nSPS) is 10.7. The zero-order valence-electron chi connectivity index (χ0n) is 15.6. The van der Waals surface area contributed by atoms with Crippen LogP contribution in [-0.2, 0) is 0 Å². The van der Waals surface area contributed by atoms with Gasteiger partial charge in [-0.05, 0) is 48.9 Å². The van der Waals surface area contributed by atoms with Gasteiger partial charge in [0.25, 0.3) is 5.91 Å². The van der Waals surface area contributed by atoms with Crippen molar-refractivity contribution in [1.29, 1.82) is 0 Å². The summed E-state index contributed by atoms with van der Waals surface area (Å²) in [6.07, 6.45) is 1.43. The lowest BCUT2D eigenvalue weighted by atomic mass is 10.2. The van der Waals surface area contributed by atoms with Gasteiger partial charge in [0.15, 0.2) is 17.2 Å². The highest BCUT2D eigenvalue weighted by Crippen LogP contribution is 2.29. The Morgan fingerprint density at radius 3 is 2.66 bits per heavy atom. The summed E-state index contributed by atoms with van der Waals surface area (Å²) in [5.74, 6) is -0.492. The Kier molecular flexibility index (Phi) is 6.25. The number of methoxy groups -OCH3 is 1. The molecule has 1 amide bonds. The molecule has 3 aromatic rings. The van der Waals surface area contributed by atoms with Gasteiger partial charge in [-0.15, -0.1) is 0 Å². The van der Waals surface area contributed by atoms with Gasteiger partial charge in [-0.25, -0.2) is 10.2 Å². The van der Waals surface area contributed by atoms with Crippen molar-refractivity contribution in [2.45, 2.75) is 6.92 Å². The van der Waals surface area contributed by atoms with Crippen LogP contribution in [0.25, 0.3) is 0 Å². The molecule has 8 nitrogen and oxygen atoms in total. The van der Waals surface area contributed by atoms with E-state index in [0.29, 0.717) is 16.3 Å². The number of hydrazone groups is 1. The summed E-state index contributed by atoms with van der Waals surface area (Å²) in [5.41, 5.74) is 4.26. The Balaban J connectivity index is 1.69. The van der Waals surface area contributed by atoms with Crippen molar-refractivity contribution in [3.8, 4) is 11.5 Å². The van der Waals surface area contributed by atoms with Crippen LogP contribution in [0.2, 0.25) is 5.02 Å². The average Bonchev–Trinajstić information content (AvgIpc) is 3.15. The highest BCUT2D eigenvalue weighted by Gasteiger charge is 2.15. The number of aromatic nitrogens is 2. The summed E-state index contributed by atoms with van der Waals surface area (Å²) in [5, 5.41) is 10.7. The van der Waals surface area contributed by atoms with Gasteiger partial charge in [0.1, 0.15) is 0 Å². The van der Waals surface area contributed by atoms with Crippen molar-refractivity contribution in [2.24, 2.45) is 5.10 Å². The highest BCUT2D eigenvalue weighted by molar-refractivity contribution is 6.33. The Morgan fingerprint density at radius 2 is 1.97 bits per heavy atom. The monoisotopic (exact) mass is 412 g/mol. The number of carbonyl (C=O) groups is 2. The first-order valence-corrected chi connectivity index (χ1v) is 8.86. The van der Waals surface area contributed by atoms with Crippen LogP contribution >= 0.6 is 11.6 Å². The maximum Gasteiger partial charge on any atom is 0.345 e. The second kappa shape index (κ2) is 9.03. The molecule has 3 rings (SSSR count). The number of rotatable bonds is 6. The standard InChI is InChI=1S/C20H17ClN4O4/c1-12-9-16(24-23-12)19(26)25-22-11-13-7-8-17(18(10-13)28-2)29-20(27)14-5-3-4-6-15(14)21/h3-11H,1-2H3,(H,23,24)(H,25,26)/b22-11+. The molecule has 0 saturated heterocycles. The third kappa shape index (κ3) is 4.99. The minimum atomic E-state index is -0.600. The van der Waals surface area contributed by atoms with Gasteiger partial charge >= 0.3 is 5.97 Å². The lowest BCUT2D eigenvalue weighted by Gasteiger charge is -2.10. The molecule has 9 heteroatoms. The van der Waals surface area contributed by atoms with Gasteiger partial charge in [-0.3, -0.25) is 9.89 Å². The number of halogens is 1. The van der Waals surface area contributed by atoms with Gasteiger partial charge in [0, 0.05) is 5.69 Å². The molecule has 2 N–H and O–H groups in total. The average molecular weight is 413 g/mol. The van der Waals surface area contributed by atoms with Crippen molar-refractivity contribution in [3.05, 3.63) is 76.1 Å². The van der Waals surface area contributed by atoms with Crippen molar-refractivity contribution in [2.75, 3.05) is 7.11 Å². The Labute approximate surface area is 171 Å². The van der Waals surface area contributed by atoms with E-state index < -0.39 is 11.9 Å². The molecule has 0 unspecified atom stereocenters. The van der Waals surface area contributed by atoms with Crippen molar-refractivity contribution >= 4 is 29.7 Å². The van der Waals surface area contributed by atoms with Crippen LogP contribution in [0.1, 0.15) is 32.1 Å². The molecule has 2 aromatic carbocycles. The van der Waals surface area contributed by atoms with Crippen LogP contribution in [0.5, 0.6) is 11.5 Å². The van der Waals surface area contributed by atoms with E-state index in [0.717, 1.165) is 5.69 Å². The van der Waals surface area contributed by atoms with E-state index in [-0.39, 0.29) is 17.0 Å². The van der Waals surface area contributed by atoms with Crippen molar-refractivity contribution in [1.82, 2.24) is 15.6 Å². The zero-order chi connectivity index (χ0) is 20.8. The predicted molar refractivity (Wildman–Crippen MR) is 108 cm³/mol. The van der Waals surface area contributed by atoms with Crippen LogP contribution in [-0.4, -0.2) is 35.4 Å². The van der Waals surface area contributed by atoms with Crippen LogP contribution in [0, 0.1) is 6.92 Å². The van der Waals surface area contributed by atoms with E-state index in [4.69, 9.17) is 21.1 Å². The largest absolute Gasteiger partial charge is 0.493 e. The minimum absolute atomic E-state index is 0.227. The molecule has 1 aromatic heterocycles. The van der Waals surface area contributed by atoms with Gasteiger partial charge in [-0.2, -0.15) is 10.2 Å². The number of H-pyrrole nitrogens is 1. The Hall–Kier alpha value is -3.65. The van der Waals surface area contributed by atoms with Gasteiger partial charge in [0.05, 0.1) is 23.9 Å². The van der Waals surface area contributed by atoms with E-state index in [1.807, 2.05) is 0 Å². The quantitative estimate of drug-likeness (QED) is 0.279. The summed E-state index contributed by atoms with van der Waals surface area (Å²) < 4.78 is 10.7. The van der Waals surface area contributed by atoms with E-state index >= 15 is 0 Å². The summed E-state index contributed by atoms with van der Waals surface area (Å²) in [6, 6.07) is 13.0. The van der Waals surface area contributed by atoms with Crippen LogP contribution in [0.4, 0.5) is 0 Å². The molecule has 29 heavy (non-hydrogen) atoms. The number of amides is 1. The number of nitrogens with zero attached hydrogens (tertiary/aromatic N) is 2. The summed E-state index contributed by atoms with van der Waals surface area (Å²) in [7, 11) is 1.45. The third-order valence-electron chi connectivity index (χ3n) is 3.80. The minimum Gasteiger partial charge on any atom is -0.493 e. The number of aromatic amines is 1. The molecule has 0 aliphatic carbocycles. The number of aryl methyl sites for hydroxylation is 1. The van der Waals surface area contributed by atoms with Crippen LogP contribution in [0.15, 0.2) is 53.6 Å². The maximum absolute atomic E-state index is 12.3. The Bertz CT molecular complexity index is 1080. The lowest BCUT2D eigenvalue weighted by Crippen LogP contribution is -2.18. The molecule has 0 atom stereocenters. The number of nitrogens with one attached hydrogen (secondary N) is 2. The van der Waals surface area contributed by atoms with E-state index in [1.165, 1.54) is 13.3 Å². The molecular weight excluding hydrogens is 396 g/mol. The van der Waals surface area contributed by atoms with Crippen molar-refractivity contribution in [3.63, 3.8) is 0 Å². The number of esters is 1. The summed E-state index contributed by atoms with van der Waals surface area (Å²) >= 11 is 6.02. The predicted octanol–water partition coefficient (Wildman–Crippen LogP) is 3.36. The van der Waals surface area contributed by atoms with Gasteiger partial charge in [-0.1, -0.05) is 23.7 Å². The fourth-order valence-electron chi connectivity index (χ4n) is 2.39. The third-order valence-corrected chi connectivity index (χ3v) is 4.13. The second-order valence-corrected chi connectivity index (χ2v) is 6.32. The first-order valence-electron chi connectivity index (χ1n) is 8.48. The first kappa shape index (κ1) is 20.1. The fourth-order valence-corrected chi connectivity index (χ4v) is 2.60. The summed E-state index contributed by atoms with van der Waals surface area (Å²) in [4.78, 5) is 24.2. The van der Waals surface area contributed by atoms with E-state index in [2.05, 4.69) is 20.7 Å². The molecule has 0 aliphatic rings. The number of carbonyl (C=O) groups excluding carboxylic acids is 2. The number of benzene rings is 2.